The molecule has 0 amide bonds. The number of hydrazone groups is 2. The summed E-state index contributed by atoms with van der Waals surface area (Å²) in [6.45, 7) is 3.71. The second-order valence-electron chi connectivity index (χ2n) is 7.48. The van der Waals surface area contributed by atoms with Crippen molar-refractivity contribution in [3.8, 4) is 0 Å². The number of rotatable bonds is 9. The average Bonchev–Trinajstić information content (AvgIpc) is 2.91. The molecule has 4 rings (SSSR count). The summed E-state index contributed by atoms with van der Waals surface area (Å²) in [6.07, 6.45) is 6.74. The number of hydrogen-bond donors (Lipinski definition) is 3. The number of nitrogens with one attached hydrogen (secondary N) is 3. The molecule has 36 heavy (non-hydrogen) atoms. The van der Waals surface area contributed by atoms with Crippen LogP contribution in [0.4, 0.5) is 29.0 Å². The lowest BCUT2D eigenvalue weighted by Gasteiger charge is -2.10. The molecule has 12 heteroatoms. The SMILES string of the molecule is CC(=NNc1cc(NN=C(C)c2ccncc2)nc(Nc2cccc([N+](=O)[O-])c2)n1)c1ccncc1. The highest BCUT2D eigenvalue weighted by Crippen LogP contribution is 2.22. The molecule has 0 aliphatic heterocycles. The number of nitro groups is 1. The summed E-state index contributed by atoms with van der Waals surface area (Å²) in [5.41, 5.74) is 9.52. The van der Waals surface area contributed by atoms with Gasteiger partial charge >= 0.3 is 0 Å². The zero-order valence-corrected chi connectivity index (χ0v) is 19.5. The highest BCUT2D eigenvalue weighted by molar-refractivity contribution is 5.99. The van der Waals surface area contributed by atoms with Crippen LogP contribution in [0.25, 0.3) is 0 Å². The zero-order chi connectivity index (χ0) is 25.3. The minimum Gasteiger partial charge on any atom is -0.324 e. The molecule has 3 heterocycles. The molecule has 3 N–H and O–H groups in total. The van der Waals surface area contributed by atoms with Gasteiger partial charge in [-0.2, -0.15) is 20.2 Å². The van der Waals surface area contributed by atoms with Gasteiger partial charge in [-0.05, 0) is 44.2 Å². The molecule has 180 valence electrons. The molecule has 0 radical (unpaired) electrons. The van der Waals surface area contributed by atoms with Gasteiger partial charge in [0.2, 0.25) is 5.95 Å². The van der Waals surface area contributed by atoms with E-state index >= 15 is 0 Å². The predicted molar refractivity (Wildman–Crippen MR) is 139 cm³/mol. The second kappa shape index (κ2) is 11.2. The predicted octanol–water partition coefficient (Wildman–Crippen LogP) is 4.59. The maximum Gasteiger partial charge on any atom is 0.271 e. The third kappa shape index (κ3) is 6.41. The summed E-state index contributed by atoms with van der Waals surface area (Å²) in [4.78, 5) is 27.6. The van der Waals surface area contributed by atoms with Crippen molar-refractivity contribution in [3.05, 3.63) is 101 Å². The van der Waals surface area contributed by atoms with E-state index in [2.05, 4.69) is 46.3 Å². The van der Waals surface area contributed by atoms with E-state index in [0.717, 1.165) is 22.6 Å². The van der Waals surface area contributed by atoms with Crippen molar-refractivity contribution in [2.24, 2.45) is 10.2 Å². The van der Waals surface area contributed by atoms with Crippen LogP contribution in [0.1, 0.15) is 25.0 Å². The van der Waals surface area contributed by atoms with E-state index < -0.39 is 4.92 Å². The van der Waals surface area contributed by atoms with Crippen molar-refractivity contribution in [3.63, 3.8) is 0 Å². The number of anilines is 4. The first-order chi connectivity index (χ1) is 17.5. The first kappa shape index (κ1) is 23.9. The Balaban J connectivity index is 1.62. The number of pyridine rings is 2. The van der Waals surface area contributed by atoms with Gasteiger partial charge in [-0.15, -0.1) is 0 Å². The maximum atomic E-state index is 11.1. The van der Waals surface area contributed by atoms with Gasteiger partial charge in [0.1, 0.15) is 0 Å². The number of benzene rings is 1. The Hall–Kier alpha value is -5.26. The van der Waals surface area contributed by atoms with Crippen LogP contribution < -0.4 is 16.2 Å². The van der Waals surface area contributed by atoms with Crippen molar-refractivity contribution < 1.29 is 4.92 Å². The fourth-order valence-electron chi connectivity index (χ4n) is 3.04. The molecule has 0 aliphatic carbocycles. The van der Waals surface area contributed by atoms with E-state index in [4.69, 9.17) is 0 Å². The summed E-state index contributed by atoms with van der Waals surface area (Å²) in [5, 5.41) is 22.9. The fourth-order valence-corrected chi connectivity index (χ4v) is 3.04. The molecule has 12 nitrogen and oxygen atoms in total. The number of aromatic nitrogens is 4. The van der Waals surface area contributed by atoms with Crippen molar-refractivity contribution in [1.29, 1.82) is 0 Å². The highest BCUT2D eigenvalue weighted by atomic mass is 16.6. The summed E-state index contributed by atoms with van der Waals surface area (Å²) in [6, 6.07) is 15.1. The molecule has 0 saturated heterocycles. The fraction of sp³-hybridized carbons (Fsp3) is 0.0833. The zero-order valence-electron chi connectivity index (χ0n) is 19.5. The second-order valence-corrected chi connectivity index (χ2v) is 7.48. The molecule has 1 aromatic carbocycles. The summed E-state index contributed by atoms with van der Waals surface area (Å²) in [5.74, 6) is 0.952. The standard InChI is InChI=1S/C24H22N10O2/c1-16(18-6-10-25-11-7-18)30-32-22-15-23(33-31-17(2)19-8-12-26-13-9-19)29-24(28-22)27-20-4-3-5-21(14-20)34(35)36/h3-15H,1-2H3,(H3,27,28,29,32,33). The van der Waals surface area contributed by atoms with Gasteiger partial charge in [-0.1, -0.05) is 6.07 Å². The lowest BCUT2D eigenvalue weighted by Crippen LogP contribution is -2.07. The molecule has 0 unspecified atom stereocenters. The van der Waals surface area contributed by atoms with E-state index in [0.29, 0.717) is 17.3 Å². The topological polar surface area (TPSA) is 156 Å². The average molecular weight is 483 g/mol. The quantitative estimate of drug-likeness (QED) is 0.176. The summed E-state index contributed by atoms with van der Waals surface area (Å²) < 4.78 is 0. The molecular weight excluding hydrogens is 460 g/mol. The van der Waals surface area contributed by atoms with Crippen molar-refractivity contribution in [2.45, 2.75) is 13.8 Å². The molecule has 4 aromatic rings. The van der Waals surface area contributed by atoms with Gasteiger partial charge in [0.15, 0.2) is 11.6 Å². The molecule has 0 fully saturated rings. The number of nitrogens with zero attached hydrogens (tertiary/aromatic N) is 7. The largest absolute Gasteiger partial charge is 0.324 e. The molecular formula is C24H22N10O2. The lowest BCUT2D eigenvalue weighted by molar-refractivity contribution is -0.384. The number of nitro benzene ring substituents is 1. The Morgan fingerprint density at radius 2 is 1.33 bits per heavy atom. The summed E-state index contributed by atoms with van der Waals surface area (Å²) in [7, 11) is 0. The van der Waals surface area contributed by atoms with Crippen LogP contribution in [-0.2, 0) is 0 Å². The monoisotopic (exact) mass is 482 g/mol. The Labute approximate surface area is 206 Å². The Kier molecular flexibility index (Phi) is 7.46. The van der Waals surface area contributed by atoms with Crippen LogP contribution in [0, 0.1) is 10.1 Å². The Morgan fingerprint density at radius 1 is 0.806 bits per heavy atom. The van der Waals surface area contributed by atoms with E-state index in [1.807, 2.05) is 38.1 Å². The van der Waals surface area contributed by atoms with Crippen molar-refractivity contribution >= 4 is 40.4 Å². The minimum atomic E-state index is -0.468. The number of hydrogen-bond acceptors (Lipinski definition) is 11. The normalized spacial score (nSPS) is 11.6. The van der Waals surface area contributed by atoms with Gasteiger partial charge in [0.05, 0.1) is 16.3 Å². The highest BCUT2D eigenvalue weighted by Gasteiger charge is 2.09. The van der Waals surface area contributed by atoms with E-state index in [1.54, 1.807) is 43.0 Å². The van der Waals surface area contributed by atoms with Crippen LogP contribution in [-0.4, -0.2) is 36.3 Å². The summed E-state index contributed by atoms with van der Waals surface area (Å²) >= 11 is 0. The van der Waals surface area contributed by atoms with Gasteiger partial charge in [0.25, 0.3) is 5.69 Å². The number of non-ortho nitro benzene ring substituents is 1. The molecule has 0 saturated carbocycles. The Morgan fingerprint density at radius 3 is 1.83 bits per heavy atom. The van der Waals surface area contributed by atoms with Crippen molar-refractivity contribution in [2.75, 3.05) is 16.2 Å². The molecule has 0 spiro atoms. The van der Waals surface area contributed by atoms with Gasteiger partial charge in [-0.25, -0.2) is 0 Å². The van der Waals surface area contributed by atoms with Crippen LogP contribution >= 0.6 is 0 Å². The van der Waals surface area contributed by atoms with Crippen LogP contribution in [0.5, 0.6) is 0 Å². The minimum absolute atomic E-state index is 0.0530. The molecule has 0 aliphatic rings. The molecule has 0 atom stereocenters. The first-order valence-corrected chi connectivity index (χ1v) is 10.8. The van der Waals surface area contributed by atoms with Gasteiger partial charge in [0, 0.05) is 59.8 Å². The smallest absolute Gasteiger partial charge is 0.271 e. The third-order valence-corrected chi connectivity index (χ3v) is 4.91. The first-order valence-electron chi connectivity index (χ1n) is 10.8. The van der Waals surface area contributed by atoms with Crippen LogP contribution in [0.3, 0.4) is 0 Å². The van der Waals surface area contributed by atoms with Crippen LogP contribution in [0.15, 0.2) is 89.6 Å². The van der Waals surface area contributed by atoms with E-state index in [1.165, 1.54) is 12.1 Å². The lowest BCUT2D eigenvalue weighted by atomic mass is 10.2. The van der Waals surface area contributed by atoms with Crippen LogP contribution in [0.2, 0.25) is 0 Å². The third-order valence-electron chi connectivity index (χ3n) is 4.91. The Bertz CT molecular complexity index is 1330. The molecule has 3 aromatic heterocycles. The van der Waals surface area contributed by atoms with Gasteiger partial charge < -0.3 is 5.32 Å². The maximum absolute atomic E-state index is 11.1. The van der Waals surface area contributed by atoms with E-state index in [9.17, 15) is 10.1 Å². The van der Waals surface area contributed by atoms with Gasteiger partial charge in [-0.3, -0.25) is 30.9 Å². The van der Waals surface area contributed by atoms with Crippen molar-refractivity contribution in [1.82, 2.24) is 19.9 Å². The molecule has 0 bridgehead atoms. The van der Waals surface area contributed by atoms with E-state index in [-0.39, 0.29) is 11.6 Å².